The number of hydrogen-bond donors (Lipinski definition) is 2. The molecule has 0 aromatic carbocycles. The minimum atomic E-state index is -0.861. The van der Waals surface area contributed by atoms with Gasteiger partial charge >= 0.3 is 0 Å². The van der Waals surface area contributed by atoms with Crippen LogP contribution in [0, 0.1) is 0 Å². The summed E-state index contributed by atoms with van der Waals surface area (Å²) in [5.41, 5.74) is 0.567. The van der Waals surface area contributed by atoms with Crippen LogP contribution in [0.2, 0.25) is 5.15 Å². The van der Waals surface area contributed by atoms with Gasteiger partial charge in [0, 0.05) is 11.8 Å². The van der Waals surface area contributed by atoms with Gasteiger partial charge in [0.25, 0.3) is 0 Å². The van der Waals surface area contributed by atoms with E-state index in [0.717, 1.165) is 0 Å². The quantitative estimate of drug-likeness (QED) is 0.650. The fourth-order valence-corrected chi connectivity index (χ4v) is 0.802. The summed E-state index contributed by atoms with van der Waals surface area (Å²) in [5, 5.41) is 18.0. The summed E-state index contributed by atoms with van der Waals surface area (Å²) < 4.78 is 0. The first-order chi connectivity index (χ1) is 5.24. The van der Waals surface area contributed by atoms with Gasteiger partial charge in [-0.05, 0) is 6.07 Å². The molecule has 1 atom stereocenters. The van der Waals surface area contributed by atoms with Gasteiger partial charge in [0.2, 0.25) is 0 Å². The molecule has 2 N–H and O–H groups in total. The first-order valence-electron chi connectivity index (χ1n) is 3.14. The molecule has 0 aliphatic carbocycles. The van der Waals surface area contributed by atoms with Crippen LogP contribution < -0.4 is 0 Å². The molecule has 0 radical (unpaired) electrons. The van der Waals surface area contributed by atoms with E-state index in [2.05, 4.69) is 4.98 Å². The summed E-state index contributed by atoms with van der Waals surface area (Å²) in [6, 6.07) is 3.19. The van der Waals surface area contributed by atoms with Crippen LogP contribution in [0.15, 0.2) is 18.3 Å². The first kappa shape index (κ1) is 8.46. The van der Waals surface area contributed by atoms with Gasteiger partial charge in [0.05, 0.1) is 6.61 Å². The van der Waals surface area contributed by atoms with Crippen LogP contribution in [0.3, 0.4) is 0 Å². The van der Waals surface area contributed by atoms with Gasteiger partial charge in [0.15, 0.2) is 0 Å². The Labute approximate surface area is 69.3 Å². The molecule has 1 aromatic rings. The van der Waals surface area contributed by atoms with Crippen LogP contribution in [0.5, 0.6) is 0 Å². The maximum Gasteiger partial charge on any atom is 0.129 e. The molecule has 60 valence electrons. The molecule has 0 fully saturated rings. The van der Waals surface area contributed by atoms with E-state index in [-0.39, 0.29) is 6.61 Å². The van der Waals surface area contributed by atoms with E-state index in [1.54, 1.807) is 12.1 Å². The van der Waals surface area contributed by atoms with Crippen molar-refractivity contribution >= 4 is 11.6 Å². The van der Waals surface area contributed by atoms with Gasteiger partial charge in [-0.15, -0.1) is 0 Å². The Hall–Kier alpha value is -0.640. The molecular formula is C7H8ClNO2. The lowest BCUT2D eigenvalue weighted by molar-refractivity contribution is 0.0953. The molecule has 3 nitrogen and oxygen atoms in total. The number of pyridine rings is 1. The normalized spacial score (nSPS) is 13.0. The Bertz CT molecular complexity index is 224. The maximum atomic E-state index is 9.09. The Balaban J connectivity index is 2.81. The Morgan fingerprint density at radius 1 is 1.55 bits per heavy atom. The zero-order valence-corrected chi connectivity index (χ0v) is 6.49. The minimum absolute atomic E-state index is 0.302. The number of nitrogens with zero attached hydrogens (tertiary/aromatic N) is 1. The van der Waals surface area contributed by atoms with Crippen LogP contribution in [0.4, 0.5) is 0 Å². The summed E-state index contributed by atoms with van der Waals surface area (Å²) in [7, 11) is 0. The Kier molecular flexibility index (Phi) is 2.82. The van der Waals surface area contributed by atoms with Gasteiger partial charge < -0.3 is 10.2 Å². The van der Waals surface area contributed by atoms with E-state index in [1.165, 1.54) is 6.20 Å². The largest absolute Gasteiger partial charge is 0.393 e. The second kappa shape index (κ2) is 3.67. The average molecular weight is 174 g/mol. The Morgan fingerprint density at radius 3 is 2.73 bits per heavy atom. The number of aliphatic hydroxyl groups excluding tert-OH is 2. The summed E-state index contributed by atoms with van der Waals surface area (Å²) in [5.74, 6) is 0. The molecule has 0 spiro atoms. The van der Waals surface area contributed by atoms with Crippen LogP contribution in [0.25, 0.3) is 0 Å². The van der Waals surface area contributed by atoms with Crippen molar-refractivity contribution in [1.29, 1.82) is 0 Å². The van der Waals surface area contributed by atoms with Crippen LogP contribution in [0.1, 0.15) is 11.7 Å². The summed E-state index contributed by atoms with van der Waals surface area (Å²) >= 11 is 5.50. The summed E-state index contributed by atoms with van der Waals surface area (Å²) in [6.07, 6.45) is 0.572. The van der Waals surface area contributed by atoms with E-state index < -0.39 is 6.10 Å². The lowest BCUT2D eigenvalue weighted by Crippen LogP contribution is -2.02. The topological polar surface area (TPSA) is 53.4 Å². The highest BCUT2D eigenvalue weighted by Gasteiger charge is 2.04. The van der Waals surface area contributed by atoms with E-state index in [4.69, 9.17) is 21.8 Å². The third kappa shape index (κ3) is 2.15. The fraction of sp³-hybridized carbons (Fsp3) is 0.286. The van der Waals surface area contributed by atoms with Crippen molar-refractivity contribution in [3.05, 3.63) is 29.0 Å². The molecule has 1 unspecified atom stereocenters. The molecular weight excluding hydrogens is 166 g/mol. The molecule has 1 heterocycles. The molecule has 0 bridgehead atoms. The Morgan fingerprint density at radius 2 is 2.27 bits per heavy atom. The molecule has 4 heteroatoms. The minimum Gasteiger partial charge on any atom is -0.393 e. The van der Waals surface area contributed by atoms with Crippen molar-refractivity contribution in [2.45, 2.75) is 6.10 Å². The molecule has 0 amide bonds. The number of halogens is 1. The number of aromatic nitrogens is 1. The molecule has 1 aromatic heterocycles. The third-order valence-corrected chi connectivity index (χ3v) is 1.53. The highest BCUT2D eigenvalue weighted by atomic mass is 35.5. The second-order valence-corrected chi connectivity index (χ2v) is 2.50. The fourth-order valence-electron chi connectivity index (χ4n) is 0.690. The summed E-state index contributed by atoms with van der Waals surface area (Å²) in [4.78, 5) is 3.74. The SMILES string of the molecule is OCC(O)c1ccc(Cl)nc1. The first-order valence-corrected chi connectivity index (χ1v) is 3.52. The highest BCUT2D eigenvalue weighted by molar-refractivity contribution is 6.29. The highest BCUT2D eigenvalue weighted by Crippen LogP contribution is 2.12. The molecule has 1 rings (SSSR count). The van der Waals surface area contributed by atoms with E-state index in [9.17, 15) is 0 Å². The zero-order chi connectivity index (χ0) is 8.27. The number of aliphatic hydroxyl groups is 2. The van der Waals surface area contributed by atoms with Gasteiger partial charge in [-0.1, -0.05) is 17.7 Å². The van der Waals surface area contributed by atoms with Crippen molar-refractivity contribution in [2.24, 2.45) is 0 Å². The smallest absolute Gasteiger partial charge is 0.129 e. The zero-order valence-electron chi connectivity index (χ0n) is 5.74. The van der Waals surface area contributed by atoms with Crippen molar-refractivity contribution in [1.82, 2.24) is 4.98 Å². The van der Waals surface area contributed by atoms with Gasteiger partial charge in [-0.2, -0.15) is 0 Å². The standard InChI is InChI=1S/C7H8ClNO2/c8-7-2-1-5(3-9-7)6(11)4-10/h1-3,6,10-11H,4H2. The van der Waals surface area contributed by atoms with Gasteiger partial charge in [-0.25, -0.2) is 4.98 Å². The van der Waals surface area contributed by atoms with E-state index >= 15 is 0 Å². The number of rotatable bonds is 2. The number of hydrogen-bond acceptors (Lipinski definition) is 3. The monoisotopic (exact) mass is 173 g/mol. The molecule has 0 saturated heterocycles. The molecule has 11 heavy (non-hydrogen) atoms. The molecule has 0 aliphatic heterocycles. The molecule has 0 saturated carbocycles. The van der Waals surface area contributed by atoms with E-state index in [0.29, 0.717) is 10.7 Å². The third-order valence-electron chi connectivity index (χ3n) is 1.31. The molecule has 0 aliphatic rings. The van der Waals surface area contributed by atoms with Crippen LogP contribution in [-0.4, -0.2) is 21.8 Å². The van der Waals surface area contributed by atoms with Crippen molar-refractivity contribution in [3.63, 3.8) is 0 Å². The second-order valence-electron chi connectivity index (χ2n) is 2.11. The van der Waals surface area contributed by atoms with Crippen LogP contribution in [-0.2, 0) is 0 Å². The van der Waals surface area contributed by atoms with Gasteiger partial charge in [0.1, 0.15) is 11.3 Å². The van der Waals surface area contributed by atoms with Crippen molar-refractivity contribution in [2.75, 3.05) is 6.61 Å². The predicted octanol–water partition coefficient (Wildman–Crippen LogP) is 0.761. The lowest BCUT2D eigenvalue weighted by Gasteiger charge is -2.05. The maximum absolute atomic E-state index is 9.09. The average Bonchev–Trinajstić information content (AvgIpc) is 2.05. The van der Waals surface area contributed by atoms with Crippen molar-refractivity contribution < 1.29 is 10.2 Å². The lowest BCUT2D eigenvalue weighted by atomic mass is 10.2. The van der Waals surface area contributed by atoms with Crippen molar-refractivity contribution in [3.8, 4) is 0 Å². The van der Waals surface area contributed by atoms with Gasteiger partial charge in [-0.3, -0.25) is 0 Å². The summed E-state index contributed by atoms with van der Waals surface area (Å²) in [6.45, 7) is -0.302. The van der Waals surface area contributed by atoms with Crippen LogP contribution >= 0.6 is 11.6 Å². The predicted molar refractivity (Wildman–Crippen MR) is 41.3 cm³/mol. The van der Waals surface area contributed by atoms with E-state index in [1.807, 2.05) is 0 Å².